The summed E-state index contributed by atoms with van der Waals surface area (Å²) in [4.78, 5) is 10.3. The van der Waals surface area contributed by atoms with E-state index in [0.29, 0.717) is 6.42 Å². The van der Waals surface area contributed by atoms with Crippen LogP contribution in [0.3, 0.4) is 0 Å². The lowest BCUT2D eigenvalue weighted by Crippen LogP contribution is -2.59. The molecular formula is C11H26O7Si3. The van der Waals surface area contributed by atoms with Crippen LogP contribution in [-0.4, -0.2) is 57.4 Å². The molecule has 0 radical (unpaired) electrons. The average molecular weight is 355 g/mol. The molecule has 21 heavy (non-hydrogen) atoms. The minimum atomic E-state index is -3.23. The second-order valence-electron chi connectivity index (χ2n) is 5.79. The fourth-order valence-electron chi connectivity index (χ4n) is 2.63. The zero-order valence-corrected chi connectivity index (χ0v) is 16.5. The van der Waals surface area contributed by atoms with Crippen molar-refractivity contribution in [2.75, 3.05) is 7.11 Å². The highest BCUT2D eigenvalue weighted by atomic mass is 28.5. The first-order valence-corrected chi connectivity index (χ1v) is 13.3. The summed E-state index contributed by atoms with van der Waals surface area (Å²) in [5.41, 5.74) is 0. The second kappa shape index (κ2) is 6.86. The Hall–Kier alpha value is 0.371. The molecule has 2 saturated heterocycles. The minimum Gasteiger partial charge on any atom is -0.390 e. The van der Waals surface area contributed by atoms with Gasteiger partial charge in [-0.3, -0.25) is 0 Å². The minimum absolute atomic E-state index is 0.0333. The first kappa shape index (κ1) is 17.7. The van der Waals surface area contributed by atoms with Crippen LogP contribution in [0.4, 0.5) is 0 Å². The fourth-order valence-corrected chi connectivity index (χ4v) is 9.70. The van der Waals surface area contributed by atoms with Crippen LogP contribution in [-0.2, 0) is 25.9 Å². The molecule has 2 bridgehead atoms. The molecule has 7 nitrogen and oxygen atoms in total. The topological polar surface area (TPSA) is 75.6 Å². The van der Waals surface area contributed by atoms with E-state index in [2.05, 4.69) is 6.92 Å². The fraction of sp³-hybridized carbons (Fsp3) is 1.00. The highest BCUT2D eigenvalue weighted by Gasteiger charge is 2.49. The van der Waals surface area contributed by atoms with Crippen molar-refractivity contribution >= 4 is 27.1 Å². The molecule has 0 amide bonds. The Bertz CT molecular complexity index is 359. The van der Waals surface area contributed by atoms with Crippen LogP contribution in [0.2, 0.25) is 13.1 Å². The Labute approximate surface area is 130 Å². The summed E-state index contributed by atoms with van der Waals surface area (Å²) < 4.78 is 34.8. The van der Waals surface area contributed by atoms with E-state index in [1.807, 2.05) is 13.5 Å². The van der Waals surface area contributed by atoms with Gasteiger partial charge in [0.15, 0.2) is 0 Å². The maximum Gasteiger partial charge on any atom is 0.490 e. The summed E-state index contributed by atoms with van der Waals surface area (Å²) in [6, 6.07) is 0. The third kappa shape index (κ3) is 4.92. The Morgan fingerprint density at radius 1 is 1.24 bits per heavy atom. The summed E-state index contributed by atoms with van der Waals surface area (Å²) in [5.74, 6) is 0. The summed E-state index contributed by atoms with van der Waals surface area (Å²) in [6.45, 7) is 7.41. The van der Waals surface area contributed by atoms with E-state index >= 15 is 0 Å². The van der Waals surface area contributed by atoms with Gasteiger partial charge in [-0.1, -0.05) is 6.92 Å². The summed E-state index contributed by atoms with van der Waals surface area (Å²) in [6.07, 6.45) is 2.20. The lowest BCUT2D eigenvalue weighted by Gasteiger charge is -2.41. The van der Waals surface area contributed by atoms with Crippen molar-refractivity contribution in [1.29, 1.82) is 0 Å². The highest BCUT2D eigenvalue weighted by Crippen LogP contribution is 2.28. The molecule has 124 valence electrons. The van der Waals surface area contributed by atoms with Gasteiger partial charge in [-0.25, -0.2) is 0 Å². The van der Waals surface area contributed by atoms with Crippen molar-refractivity contribution in [3.63, 3.8) is 0 Å². The van der Waals surface area contributed by atoms with E-state index in [4.69, 9.17) is 25.9 Å². The Balaban J connectivity index is 2.20. The summed E-state index contributed by atoms with van der Waals surface area (Å²) in [5, 5.41) is 0. The van der Waals surface area contributed by atoms with E-state index in [0.717, 1.165) is 12.8 Å². The number of hydrogen-bond donors (Lipinski definition) is 1. The molecule has 0 saturated carbocycles. The molecule has 2 fully saturated rings. The third-order valence-corrected chi connectivity index (χ3v) is 11.6. The monoisotopic (exact) mass is 354 g/mol. The summed E-state index contributed by atoms with van der Waals surface area (Å²) in [7, 11) is -7.03. The zero-order valence-electron chi connectivity index (χ0n) is 13.3. The van der Waals surface area contributed by atoms with Gasteiger partial charge in [-0.15, -0.1) is 0 Å². The van der Waals surface area contributed by atoms with E-state index in [1.54, 1.807) is 13.7 Å². The van der Waals surface area contributed by atoms with E-state index in [-0.39, 0.29) is 18.3 Å². The second-order valence-corrected chi connectivity index (χ2v) is 12.9. The molecule has 6 unspecified atom stereocenters. The quantitative estimate of drug-likeness (QED) is 0.739. The molecule has 0 aromatic heterocycles. The predicted molar refractivity (Wildman–Crippen MR) is 81.6 cm³/mol. The molecule has 0 aromatic rings. The molecule has 2 heterocycles. The van der Waals surface area contributed by atoms with Gasteiger partial charge in [0.25, 0.3) is 0 Å². The third-order valence-electron chi connectivity index (χ3n) is 3.68. The van der Waals surface area contributed by atoms with Crippen molar-refractivity contribution in [2.45, 2.75) is 64.5 Å². The number of rotatable bonds is 2. The maximum absolute atomic E-state index is 10.3. The van der Waals surface area contributed by atoms with Gasteiger partial charge in [-0.2, -0.15) is 0 Å². The smallest absolute Gasteiger partial charge is 0.390 e. The van der Waals surface area contributed by atoms with Gasteiger partial charge < -0.3 is 30.7 Å². The Kier molecular flexibility index (Phi) is 5.79. The molecule has 6 atom stereocenters. The van der Waals surface area contributed by atoms with Gasteiger partial charge in [0.05, 0.1) is 12.2 Å². The first-order chi connectivity index (χ1) is 9.75. The normalized spacial score (nSPS) is 48.9. The van der Waals surface area contributed by atoms with Gasteiger partial charge in [0, 0.05) is 26.3 Å². The van der Waals surface area contributed by atoms with Gasteiger partial charge in [0.1, 0.15) is 0 Å². The Morgan fingerprint density at radius 3 is 2.57 bits per heavy atom. The lowest BCUT2D eigenvalue weighted by atomic mass is 10.0. The van der Waals surface area contributed by atoms with Crippen molar-refractivity contribution in [3.05, 3.63) is 0 Å². The van der Waals surface area contributed by atoms with Crippen molar-refractivity contribution < 1.29 is 30.7 Å². The Morgan fingerprint density at radius 2 is 1.95 bits per heavy atom. The number of hydrogen-bond acceptors (Lipinski definition) is 7. The van der Waals surface area contributed by atoms with E-state index < -0.39 is 27.1 Å². The average Bonchev–Trinajstić information content (AvgIpc) is 2.32. The van der Waals surface area contributed by atoms with Crippen LogP contribution in [0.5, 0.6) is 0 Å². The van der Waals surface area contributed by atoms with E-state index in [9.17, 15) is 4.80 Å². The van der Waals surface area contributed by atoms with Gasteiger partial charge in [-0.05, 0) is 26.2 Å². The predicted octanol–water partition coefficient (Wildman–Crippen LogP) is 0.906. The maximum atomic E-state index is 10.3. The van der Waals surface area contributed by atoms with Crippen molar-refractivity contribution in [1.82, 2.24) is 0 Å². The van der Waals surface area contributed by atoms with Crippen LogP contribution in [0, 0.1) is 0 Å². The largest absolute Gasteiger partial charge is 0.490 e. The molecule has 2 rings (SSSR count). The molecule has 0 spiro atoms. The van der Waals surface area contributed by atoms with Gasteiger partial charge >= 0.3 is 27.1 Å². The molecule has 2 aliphatic rings. The first-order valence-electron chi connectivity index (χ1n) is 7.39. The number of fused-ring (bicyclic) bond motifs is 2. The summed E-state index contributed by atoms with van der Waals surface area (Å²) >= 11 is 0. The van der Waals surface area contributed by atoms with Crippen LogP contribution >= 0.6 is 0 Å². The highest BCUT2D eigenvalue weighted by molar-refractivity contribution is 6.71. The molecule has 0 aromatic carbocycles. The SMILES string of the molecule is CCC1CC2CC(C)O[Si](C)(O)O[SiH](O2)O[Si](C)(OC)O1. The molecule has 0 aliphatic carbocycles. The molecule has 1 N–H and O–H groups in total. The van der Waals surface area contributed by atoms with Crippen molar-refractivity contribution in [2.24, 2.45) is 0 Å². The molecule has 10 heteroatoms. The zero-order chi connectivity index (χ0) is 15.7. The van der Waals surface area contributed by atoms with Crippen LogP contribution in [0.1, 0.15) is 33.1 Å². The van der Waals surface area contributed by atoms with Crippen LogP contribution in [0.15, 0.2) is 0 Å². The van der Waals surface area contributed by atoms with Crippen LogP contribution < -0.4 is 0 Å². The van der Waals surface area contributed by atoms with Crippen LogP contribution in [0.25, 0.3) is 0 Å². The molecular weight excluding hydrogens is 328 g/mol. The van der Waals surface area contributed by atoms with Gasteiger partial charge in [0.2, 0.25) is 0 Å². The van der Waals surface area contributed by atoms with E-state index in [1.165, 1.54) is 0 Å². The standard InChI is InChI=1S/C11H26O7Si3/c1-6-10-8-11-7-9(2)15-20(4,12)17-19(14-11)18-21(5,13-3)16-10/h9-12,19H,6-8H2,1-5H3. The van der Waals surface area contributed by atoms with Crippen molar-refractivity contribution in [3.8, 4) is 0 Å². The lowest BCUT2D eigenvalue weighted by molar-refractivity contribution is -0.0403. The molecule has 2 aliphatic heterocycles.